The molecule has 0 N–H and O–H groups in total. The third kappa shape index (κ3) is 2.66. The van der Waals surface area contributed by atoms with Crippen LogP contribution in [0, 0.1) is 6.92 Å². The van der Waals surface area contributed by atoms with Crippen molar-refractivity contribution in [3.63, 3.8) is 0 Å². The average Bonchev–Trinajstić information content (AvgIpc) is 2.21. The van der Waals surface area contributed by atoms with E-state index in [1.54, 1.807) is 0 Å². The fourth-order valence-corrected chi connectivity index (χ4v) is 1.17. The van der Waals surface area contributed by atoms with Crippen molar-refractivity contribution in [1.82, 2.24) is 4.98 Å². The molecule has 2 aromatic rings. The van der Waals surface area contributed by atoms with Crippen LogP contribution in [0.15, 0.2) is 36.4 Å². The molecule has 13 heavy (non-hydrogen) atoms. The summed E-state index contributed by atoms with van der Waals surface area (Å²) in [6.07, 6.45) is 0. The van der Waals surface area contributed by atoms with E-state index in [1.165, 1.54) is 5.39 Å². The van der Waals surface area contributed by atoms with Gasteiger partial charge < -0.3 is 0 Å². The van der Waals surface area contributed by atoms with Gasteiger partial charge in [-0.1, -0.05) is 46.9 Å². The minimum Gasteiger partial charge on any atom is -0.253 e. The molecule has 0 aliphatic carbocycles. The van der Waals surface area contributed by atoms with Crippen molar-refractivity contribution in [2.75, 3.05) is 4.93 Å². The Labute approximate surface area is 92.3 Å². The summed E-state index contributed by atoms with van der Waals surface area (Å²) >= 11 is 2.15. The molecule has 0 aliphatic rings. The smallest absolute Gasteiger partial charge is 0.0705 e. The van der Waals surface area contributed by atoms with Gasteiger partial charge >= 0.3 is 0 Å². The minimum atomic E-state index is 1.07. The largest absolute Gasteiger partial charge is 0.253 e. The van der Waals surface area contributed by atoms with Crippen LogP contribution in [-0.4, -0.2) is 9.91 Å². The molecule has 2 heteroatoms. The predicted molar refractivity (Wildman–Crippen MR) is 66.4 cm³/mol. The second-order valence-corrected chi connectivity index (χ2v) is 2.65. The zero-order chi connectivity index (χ0) is 9.68. The van der Waals surface area contributed by atoms with Crippen molar-refractivity contribution < 1.29 is 0 Å². The first-order valence-corrected chi connectivity index (χ1v) is 6.22. The number of hydrogen-bond acceptors (Lipinski definition) is 1. The van der Waals surface area contributed by atoms with Crippen molar-refractivity contribution in [2.24, 2.45) is 0 Å². The Kier molecular flexibility index (Phi) is 4.15. The zero-order valence-corrected chi connectivity index (χ0v) is 9.95. The van der Waals surface area contributed by atoms with E-state index in [9.17, 15) is 0 Å². The number of benzene rings is 1. The van der Waals surface area contributed by atoms with Crippen LogP contribution in [0.25, 0.3) is 10.9 Å². The molecule has 0 bridgehead atoms. The van der Waals surface area contributed by atoms with Crippen molar-refractivity contribution >= 4 is 33.5 Å². The third-order valence-electron chi connectivity index (χ3n) is 1.74. The Morgan fingerprint density at radius 3 is 2.46 bits per heavy atom. The summed E-state index contributed by atoms with van der Waals surface area (Å²) in [5.41, 5.74) is 2.15. The number of fused-ring (bicyclic) bond motifs is 1. The van der Waals surface area contributed by atoms with E-state index >= 15 is 0 Å². The monoisotopic (exact) mass is 285 g/mol. The first-order valence-electron chi connectivity index (χ1n) is 4.06. The maximum Gasteiger partial charge on any atom is 0.0705 e. The number of halogens is 1. The molecule has 1 nitrogen and oxygen atoms in total. The molecule has 2 rings (SSSR count). The Hall–Kier alpha value is -0.640. The highest BCUT2D eigenvalue weighted by Crippen LogP contribution is 2.10. The summed E-state index contributed by atoms with van der Waals surface area (Å²) in [4.78, 5) is 6.35. The second kappa shape index (κ2) is 5.17. The summed E-state index contributed by atoms with van der Waals surface area (Å²) in [5.74, 6) is 0. The van der Waals surface area contributed by atoms with E-state index in [1.807, 2.05) is 36.1 Å². The van der Waals surface area contributed by atoms with Gasteiger partial charge in [0.2, 0.25) is 0 Å². The SMILES string of the molecule is CI.Cc1ccc2ccccc2n1. The van der Waals surface area contributed by atoms with Gasteiger partial charge in [0, 0.05) is 11.1 Å². The molecular weight excluding hydrogens is 273 g/mol. The van der Waals surface area contributed by atoms with Crippen molar-refractivity contribution in [3.05, 3.63) is 42.1 Å². The van der Waals surface area contributed by atoms with Gasteiger partial charge in [-0.15, -0.1) is 0 Å². The molecule has 0 fully saturated rings. The molecule has 0 radical (unpaired) electrons. The number of rotatable bonds is 0. The number of pyridine rings is 1. The van der Waals surface area contributed by atoms with Crippen LogP contribution in [0.2, 0.25) is 0 Å². The van der Waals surface area contributed by atoms with E-state index in [4.69, 9.17) is 0 Å². The predicted octanol–water partition coefficient (Wildman–Crippen LogP) is 3.59. The number of para-hydroxylation sites is 1. The van der Waals surface area contributed by atoms with Gasteiger partial charge in [0.25, 0.3) is 0 Å². The van der Waals surface area contributed by atoms with Crippen LogP contribution >= 0.6 is 22.6 Å². The van der Waals surface area contributed by atoms with Crippen LogP contribution in [0.3, 0.4) is 0 Å². The van der Waals surface area contributed by atoms with E-state index in [0.29, 0.717) is 0 Å². The third-order valence-corrected chi connectivity index (χ3v) is 1.74. The van der Waals surface area contributed by atoms with Crippen LogP contribution in [0.1, 0.15) is 5.69 Å². The van der Waals surface area contributed by atoms with Crippen LogP contribution in [-0.2, 0) is 0 Å². The number of nitrogens with zero attached hydrogens (tertiary/aromatic N) is 1. The Balaban J connectivity index is 0.000000396. The molecule has 0 aliphatic heterocycles. The van der Waals surface area contributed by atoms with Crippen molar-refractivity contribution in [1.29, 1.82) is 0 Å². The standard InChI is InChI=1S/C10H9N.CH3I/c1-8-6-7-9-4-2-3-5-10(9)11-8;1-2/h2-7H,1H3;1H3. The maximum absolute atomic E-state index is 4.38. The lowest BCUT2D eigenvalue weighted by Gasteiger charge is -1.95. The number of alkyl halides is 1. The highest BCUT2D eigenvalue weighted by molar-refractivity contribution is 14.1. The molecule has 0 amide bonds. The van der Waals surface area contributed by atoms with Gasteiger partial charge in [-0.2, -0.15) is 0 Å². The van der Waals surface area contributed by atoms with Crippen molar-refractivity contribution in [3.8, 4) is 0 Å². The molecule has 0 spiro atoms. The van der Waals surface area contributed by atoms with Crippen LogP contribution in [0.4, 0.5) is 0 Å². The first-order chi connectivity index (χ1) is 6.36. The number of aromatic nitrogens is 1. The first kappa shape index (κ1) is 10.4. The van der Waals surface area contributed by atoms with Crippen LogP contribution < -0.4 is 0 Å². The lowest BCUT2D eigenvalue weighted by molar-refractivity contribution is 1.26. The normalized spacial score (nSPS) is 9.15. The average molecular weight is 285 g/mol. The molecule has 1 aromatic carbocycles. The Morgan fingerprint density at radius 1 is 1.00 bits per heavy atom. The topological polar surface area (TPSA) is 12.9 Å². The highest BCUT2D eigenvalue weighted by Gasteiger charge is 1.90. The molecule has 0 unspecified atom stereocenters. The van der Waals surface area contributed by atoms with Crippen molar-refractivity contribution in [2.45, 2.75) is 6.92 Å². The van der Waals surface area contributed by atoms with Gasteiger partial charge in [0.1, 0.15) is 0 Å². The highest BCUT2D eigenvalue weighted by atomic mass is 127. The lowest BCUT2D eigenvalue weighted by Crippen LogP contribution is -1.80. The van der Waals surface area contributed by atoms with Crippen LogP contribution in [0.5, 0.6) is 0 Å². The van der Waals surface area contributed by atoms with E-state index in [0.717, 1.165) is 11.2 Å². The van der Waals surface area contributed by atoms with Gasteiger partial charge in [-0.05, 0) is 24.0 Å². The van der Waals surface area contributed by atoms with E-state index < -0.39 is 0 Å². The molecule has 1 heterocycles. The fourth-order valence-electron chi connectivity index (χ4n) is 1.17. The molecule has 0 saturated carbocycles. The summed E-state index contributed by atoms with van der Waals surface area (Å²) < 4.78 is 0. The summed E-state index contributed by atoms with van der Waals surface area (Å²) in [5, 5.41) is 1.21. The molecule has 1 aromatic heterocycles. The van der Waals surface area contributed by atoms with E-state index in [-0.39, 0.29) is 0 Å². The van der Waals surface area contributed by atoms with Gasteiger partial charge in [-0.3, -0.25) is 4.98 Å². The minimum absolute atomic E-state index is 1.07. The Bertz CT molecular complexity index is 385. The summed E-state index contributed by atoms with van der Waals surface area (Å²) in [6.45, 7) is 2.01. The summed E-state index contributed by atoms with van der Waals surface area (Å²) in [6, 6.07) is 12.3. The number of hydrogen-bond donors (Lipinski definition) is 0. The lowest BCUT2D eigenvalue weighted by atomic mass is 10.2. The van der Waals surface area contributed by atoms with Gasteiger partial charge in [0.05, 0.1) is 5.52 Å². The number of aryl methyl sites for hydroxylation is 1. The summed E-state index contributed by atoms with van der Waals surface area (Å²) in [7, 11) is 0. The molecule has 0 atom stereocenters. The van der Waals surface area contributed by atoms with Gasteiger partial charge in [0.15, 0.2) is 0 Å². The molecule has 0 saturated heterocycles. The molecular formula is C11H12IN. The maximum atomic E-state index is 4.38. The zero-order valence-electron chi connectivity index (χ0n) is 7.79. The molecule has 68 valence electrons. The fraction of sp³-hybridized carbons (Fsp3) is 0.182. The second-order valence-electron chi connectivity index (χ2n) is 2.65. The van der Waals surface area contributed by atoms with E-state index in [2.05, 4.69) is 39.7 Å². The Morgan fingerprint density at radius 2 is 1.69 bits per heavy atom. The van der Waals surface area contributed by atoms with Gasteiger partial charge in [-0.25, -0.2) is 0 Å². The quantitative estimate of drug-likeness (QED) is 0.532.